The van der Waals surface area contributed by atoms with E-state index in [4.69, 9.17) is 0 Å². The number of likely N-dealkylation sites (tertiary alicyclic amines) is 1. The molecule has 0 aromatic heterocycles. The Morgan fingerprint density at radius 2 is 1.62 bits per heavy atom. The minimum atomic E-state index is 0.826. The van der Waals surface area contributed by atoms with Gasteiger partial charge >= 0.3 is 0 Å². The normalized spacial score (nSPS) is 23.5. The lowest BCUT2D eigenvalue weighted by Crippen LogP contribution is -2.52. The second-order valence-electron chi connectivity index (χ2n) is 6.77. The Labute approximate surface area is 129 Å². The first-order valence-electron chi connectivity index (χ1n) is 8.42. The summed E-state index contributed by atoms with van der Waals surface area (Å²) in [5.74, 6) is 0. The minimum absolute atomic E-state index is 0.826. The van der Waals surface area contributed by atoms with Crippen molar-refractivity contribution < 1.29 is 0 Å². The molecule has 3 heteroatoms. The summed E-state index contributed by atoms with van der Waals surface area (Å²) in [7, 11) is 2.24. The molecule has 2 fully saturated rings. The Morgan fingerprint density at radius 3 is 2.29 bits per heavy atom. The zero-order valence-corrected chi connectivity index (χ0v) is 13.6. The van der Waals surface area contributed by atoms with Gasteiger partial charge in [0.05, 0.1) is 0 Å². The van der Waals surface area contributed by atoms with Crippen molar-refractivity contribution in [3.63, 3.8) is 0 Å². The van der Waals surface area contributed by atoms with Crippen molar-refractivity contribution in [3.8, 4) is 0 Å². The molecule has 1 aromatic carbocycles. The van der Waals surface area contributed by atoms with Gasteiger partial charge in [0.2, 0.25) is 0 Å². The third-order valence-corrected chi connectivity index (χ3v) is 5.27. The fourth-order valence-corrected chi connectivity index (χ4v) is 3.66. The highest BCUT2D eigenvalue weighted by Crippen LogP contribution is 2.20. The number of likely N-dealkylation sites (N-methyl/N-ethyl adjacent to an activating group) is 1. The van der Waals surface area contributed by atoms with Crippen LogP contribution in [-0.2, 0) is 6.54 Å². The molecule has 0 N–H and O–H groups in total. The molecule has 0 amide bonds. The molecule has 0 atom stereocenters. The molecule has 1 aromatic rings. The monoisotopic (exact) mass is 287 g/mol. The largest absolute Gasteiger partial charge is 0.304 e. The maximum absolute atomic E-state index is 2.73. The molecule has 2 heterocycles. The van der Waals surface area contributed by atoms with E-state index in [9.17, 15) is 0 Å². The zero-order valence-electron chi connectivity index (χ0n) is 13.6. The number of hydrogen-bond acceptors (Lipinski definition) is 3. The number of piperazine rings is 1. The lowest BCUT2D eigenvalue weighted by molar-refractivity contribution is 0.0657. The first-order valence-corrected chi connectivity index (χ1v) is 8.42. The Kier molecular flexibility index (Phi) is 4.94. The van der Waals surface area contributed by atoms with Crippen LogP contribution in [0.4, 0.5) is 0 Å². The van der Waals surface area contributed by atoms with Crippen molar-refractivity contribution in [2.75, 3.05) is 46.3 Å². The zero-order chi connectivity index (χ0) is 14.7. The van der Waals surface area contributed by atoms with Gasteiger partial charge in [0.15, 0.2) is 0 Å². The molecule has 0 radical (unpaired) electrons. The number of nitrogens with zero attached hydrogens (tertiary/aromatic N) is 3. The standard InChI is InChI=1S/C18H29N3/c1-16-5-3-4-6-17(16)15-20-9-7-18(8-10-20)21-13-11-19(2)12-14-21/h3-6,18H,7-15H2,1-2H3. The maximum atomic E-state index is 2.73. The van der Waals surface area contributed by atoms with E-state index in [0.717, 1.165) is 12.6 Å². The molecule has 3 nitrogen and oxygen atoms in total. The van der Waals surface area contributed by atoms with E-state index >= 15 is 0 Å². The summed E-state index contributed by atoms with van der Waals surface area (Å²) >= 11 is 0. The van der Waals surface area contributed by atoms with Crippen molar-refractivity contribution in [1.82, 2.24) is 14.7 Å². The summed E-state index contributed by atoms with van der Waals surface area (Å²) < 4.78 is 0. The summed E-state index contributed by atoms with van der Waals surface area (Å²) in [5, 5.41) is 0. The Balaban J connectivity index is 1.48. The van der Waals surface area contributed by atoms with E-state index in [2.05, 4.69) is 52.9 Å². The van der Waals surface area contributed by atoms with Crippen LogP contribution in [0.5, 0.6) is 0 Å². The van der Waals surface area contributed by atoms with Gasteiger partial charge in [-0.15, -0.1) is 0 Å². The molecule has 2 aliphatic heterocycles. The first-order chi connectivity index (χ1) is 10.2. The molecule has 0 saturated carbocycles. The predicted octanol–water partition coefficient (Wildman–Crippen LogP) is 2.21. The van der Waals surface area contributed by atoms with Crippen LogP contribution in [0.3, 0.4) is 0 Å². The fourth-order valence-electron chi connectivity index (χ4n) is 3.66. The fraction of sp³-hybridized carbons (Fsp3) is 0.667. The van der Waals surface area contributed by atoms with Crippen LogP contribution in [0.15, 0.2) is 24.3 Å². The third-order valence-electron chi connectivity index (χ3n) is 5.27. The van der Waals surface area contributed by atoms with Gasteiger partial charge in [-0.05, 0) is 51.0 Å². The average molecular weight is 287 g/mol. The van der Waals surface area contributed by atoms with Crippen LogP contribution in [0.1, 0.15) is 24.0 Å². The van der Waals surface area contributed by atoms with E-state index in [1.165, 1.54) is 63.2 Å². The van der Waals surface area contributed by atoms with Crippen molar-refractivity contribution in [1.29, 1.82) is 0 Å². The number of aryl methyl sites for hydroxylation is 1. The van der Waals surface area contributed by atoms with Crippen molar-refractivity contribution in [3.05, 3.63) is 35.4 Å². The van der Waals surface area contributed by atoms with Gasteiger partial charge < -0.3 is 4.90 Å². The summed E-state index contributed by atoms with van der Waals surface area (Å²) in [6.45, 7) is 10.9. The van der Waals surface area contributed by atoms with E-state index in [0.29, 0.717) is 0 Å². The Morgan fingerprint density at radius 1 is 0.952 bits per heavy atom. The van der Waals surface area contributed by atoms with Gasteiger partial charge in [0, 0.05) is 38.8 Å². The lowest BCUT2D eigenvalue weighted by atomic mass is 10.0. The molecule has 0 spiro atoms. The van der Waals surface area contributed by atoms with E-state index < -0.39 is 0 Å². The number of benzene rings is 1. The molecular weight excluding hydrogens is 258 g/mol. The van der Waals surface area contributed by atoms with Crippen molar-refractivity contribution in [2.45, 2.75) is 32.4 Å². The average Bonchev–Trinajstić information content (AvgIpc) is 2.51. The minimum Gasteiger partial charge on any atom is -0.304 e. The molecule has 2 aliphatic rings. The highest BCUT2D eigenvalue weighted by Gasteiger charge is 2.26. The Hall–Kier alpha value is -0.900. The van der Waals surface area contributed by atoms with Gasteiger partial charge in [0.25, 0.3) is 0 Å². The number of rotatable bonds is 3. The maximum Gasteiger partial charge on any atom is 0.0236 e. The highest BCUT2D eigenvalue weighted by atomic mass is 15.3. The second-order valence-corrected chi connectivity index (χ2v) is 6.77. The molecule has 0 unspecified atom stereocenters. The summed E-state index contributed by atoms with van der Waals surface area (Å²) in [6.07, 6.45) is 2.69. The van der Waals surface area contributed by atoms with Crippen LogP contribution in [-0.4, -0.2) is 67.1 Å². The molecule has 2 saturated heterocycles. The van der Waals surface area contributed by atoms with E-state index in [1.807, 2.05) is 0 Å². The van der Waals surface area contributed by atoms with Crippen LogP contribution in [0, 0.1) is 6.92 Å². The summed E-state index contributed by atoms with van der Waals surface area (Å²) in [4.78, 5) is 7.81. The Bertz CT molecular complexity index is 444. The summed E-state index contributed by atoms with van der Waals surface area (Å²) in [6, 6.07) is 9.64. The smallest absolute Gasteiger partial charge is 0.0236 e. The van der Waals surface area contributed by atoms with Crippen LogP contribution < -0.4 is 0 Å². The highest BCUT2D eigenvalue weighted by molar-refractivity contribution is 5.25. The van der Waals surface area contributed by atoms with Gasteiger partial charge in [0.1, 0.15) is 0 Å². The third kappa shape index (κ3) is 3.85. The molecule has 116 valence electrons. The van der Waals surface area contributed by atoms with Crippen molar-refractivity contribution in [2.24, 2.45) is 0 Å². The van der Waals surface area contributed by atoms with Crippen LogP contribution in [0.2, 0.25) is 0 Å². The second kappa shape index (κ2) is 6.91. The van der Waals surface area contributed by atoms with Crippen LogP contribution in [0.25, 0.3) is 0 Å². The SMILES string of the molecule is Cc1ccccc1CN1CCC(N2CCN(C)CC2)CC1. The topological polar surface area (TPSA) is 9.72 Å². The lowest BCUT2D eigenvalue weighted by Gasteiger charge is -2.42. The number of piperidine rings is 1. The first kappa shape index (κ1) is 15.0. The molecular formula is C18H29N3. The van der Waals surface area contributed by atoms with Crippen molar-refractivity contribution >= 4 is 0 Å². The summed E-state index contributed by atoms with van der Waals surface area (Å²) in [5.41, 5.74) is 2.93. The van der Waals surface area contributed by atoms with Gasteiger partial charge in [-0.2, -0.15) is 0 Å². The molecule has 21 heavy (non-hydrogen) atoms. The van der Waals surface area contributed by atoms with Gasteiger partial charge in [-0.3, -0.25) is 9.80 Å². The van der Waals surface area contributed by atoms with Gasteiger partial charge in [-0.25, -0.2) is 0 Å². The van der Waals surface area contributed by atoms with E-state index in [1.54, 1.807) is 0 Å². The quantitative estimate of drug-likeness (QED) is 0.844. The molecule has 3 rings (SSSR count). The predicted molar refractivity (Wildman–Crippen MR) is 88.5 cm³/mol. The number of hydrogen-bond donors (Lipinski definition) is 0. The van der Waals surface area contributed by atoms with Gasteiger partial charge in [-0.1, -0.05) is 24.3 Å². The van der Waals surface area contributed by atoms with Crippen LogP contribution >= 0.6 is 0 Å². The molecule has 0 aliphatic carbocycles. The van der Waals surface area contributed by atoms with E-state index in [-0.39, 0.29) is 0 Å². The molecule has 0 bridgehead atoms.